The normalized spacial score (nSPS) is 21.5. The summed E-state index contributed by atoms with van der Waals surface area (Å²) in [6, 6.07) is 2.10. The largest absolute Gasteiger partial charge is 0.376 e. The molecule has 0 radical (unpaired) electrons. The summed E-state index contributed by atoms with van der Waals surface area (Å²) in [6.45, 7) is 4.48. The van der Waals surface area contributed by atoms with E-state index in [1.807, 2.05) is 13.8 Å². The van der Waals surface area contributed by atoms with Gasteiger partial charge in [-0.1, -0.05) is 11.6 Å². The molecule has 1 N–H and O–H groups in total. The molecule has 1 aliphatic rings. The van der Waals surface area contributed by atoms with Crippen LogP contribution < -0.4 is 5.32 Å². The fourth-order valence-electron chi connectivity index (χ4n) is 2.38. The van der Waals surface area contributed by atoms with Gasteiger partial charge in [0.2, 0.25) is 0 Å². The number of nitrogens with one attached hydrogen (secondary N) is 1. The van der Waals surface area contributed by atoms with E-state index < -0.39 is 10.7 Å². The Labute approximate surface area is 121 Å². The van der Waals surface area contributed by atoms with Crippen molar-refractivity contribution in [2.45, 2.75) is 38.3 Å². The molecule has 1 aromatic carbocycles. The Morgan fingerprint density at radius 1 is 1.55 bits per heavy atom. The maximum atomic E-state index is 13.5. The Morgan fingerprint density at radius 2 is 2.25 bits per heavy atom. The van der Waals surface area contributed by atoms with Crippen LogP contribution in [-0.2, 0) is 4.74 Å². The number of halogens is 2. The van der Waals surface area contributed by atoms with Crippen LogP contribution in [0.25, 0.3) is 0 Å². The monoisotopic (exact) mass is 302 g/mol. The van der Waals surface area contributed by atoms with Gasteiger partial charge in [-0.2, -0.15) is 0 Å². The Hall–Kier alpha value is -1.40. The predicted molar refractivity (Wildman–Crippen MR) is 74.7 cm³/mol. The summed E-state index contributed by atoms with van der Waals surface area (Å²) in [5.41, 5.74) is -0.365. The summed E-state index contributed by atoms with van der Waals surface area (Å²) in [5, 5.41) is 13.8. The summed E-state index contributed by atoms with van der Waals surface area (Å²) in [6.07, 6.45) is 1.40. The highest BCUT2D eigenvalue weighted by Crippen LogP contribution is 2.33. The number of hydrogen-bond acceptors (Lipinski definition) is 4. The van der Waals surface area contributed by atoms with Crippen LogP contribution in [0, 0.1) is 15.9 Å². The van der Waals surface area contributed by atoms with E-state index in [2.05, 4.69) is 5.32 Å². The molecule has 0 bridgehead atoms. The third-order valence-electron chi connectivity index (χ3n) is 3.29. The van der Waals surface area contributed by atoms with E-state index in [1.165, 1.54) is 0 Å². The average molecular weight is 303 g/mol. The lowest BCUT2D eigenvalue weighted by Gasteiger charge is -2.36. The van der Waals surface area contributed by atoms with Crippen LogP contribution in [0.4, 0.5) is 15.8 Å². The van der Waals surface area contributed by atoms with Gasteiger partial charge in [0.25, 0.3) is 5.69 Å². The number of nitro groups is 1. The van der Waals surface area contributed by atoms with Crippen molar-refractivity contribution in [1.82, 2.24) is 0 Å². The molecule has 20 heavy (non-hydrogen) atoms. The minimum absolute atomic E-state index is 0.00183. The summed E-state index contributed by atoms with van der Waals surface area (Å²) in [5.74, 6) is -0.675. The van der Waals surface area contributed by atoms with Crippen molar-refractivity contribution in [1.29, 1.82) is 0 Å². The molecule has 1 saturated heterocycles. The van der Waals surface area contributed by atoms with Gasteiger partial charge in [0.05, 0.1) is 15.5 Å². The zero-order valence-electron chi connectivity index (χ0n) is 11.3. The zero-order valence-corrected chi connectivity index (χ0v) is 12.0. The second-order valence-corrected chi connectivity index (χ2v) is 5.89. The lowest BCUT2D eigenvalue weighted by atomic mass is 9.93. The number of ether oxygens (including phenoxy) is 1. The molecule has 1 atom stereocenters. The topological polar surface area (TPSA) is 64.4 Å². The van der Waals surface area contributed by atoms with Gasteiger partial charge in [0, 0.05) is 24.8 Å². The van der Waals surface area contributed by atoms with E-state index in [1.54, 1.807) is 0 Å². The van der Waals surface area contributed by atoms with E-state index >= 15 is 0 Å². The van der Waals surface area contributed by atoms with Crippen LogP contribution in [0.2, 0.25) is 5.02 Å². The number of nitrogens with zero attached hydrogens (tertiary/aromatic N) is 1. The Morgan fingerprint density at radius 3 is 2.85 bits per heavy atom. The SMILES string of the molecule is CC1(C)CC(Nc2cc(F)c(Cl)cc2[N+](=O)[O-])CCO1. The first-order valence-corrected chi connectivity index (χ1v) is 6.70. The quantitative estimate of drug-likeness (QED) is 0.682. The number of benzene rings is 1. The van der Waals surface area contributed by atoms with Gasteiger partial charge in [-0.25, -0.2) is 4.39 Å². The van der Waals surface area contributed by atoms with E-state index in [0.717, 1.165) is 12.1 Å². The van der Waals surface area contributed by atoms with E-state index in [-0.39, 0.29) is 28.0 Å². The third-order valence-corrected chi connectivity index (χ3v) is 3.58. The highest BCUT2D eigenvalue weighted by molar-refractivity contribution is 6.31. The maximum absolute atomic E-state index is 13.5. The van der Waals surface area contributed by atoms with E-state index in [9.17, 15) is 14.5 Å². The Balaban J connectivity index is 2.24. The lowest BCUT2D eigenvalue weighted by Crippen LogP contribution is -2.40. The van der Waals surface area contributed by atoms with Crippen LogP contribution in [0.3, 0.4) is 0 Å². The molecule has 0 aliphatic carbocycles. The number of anilines is 1. The molecule has 1 aliphatic heterocycles. The standard InChI is InChI=1S/C13H16ClFN2O3/c1-13(2)7-8(3-4-20-13)16-11-6-10(15)9(14)5-12(11)17(18)19/h5-6,8,16H,3-4,7H2,1-2H3. The molecular formula is C13H16ClFN2O3. The molecule has 1 aromatic rings. The summed E-state index contributed by atoms with van der Waals surface area (Å²) >= 11 is 5.59. The Bertz CT molecular complexity index is 537. The van der Waals surface area contributed by atoms with Crippen molar-refractivity contribution < 1.29 is 14.1 Å². The van der Waals surface area contributed by atoms with Gasteiger partial charge in [0.15, 0.2) is 0 Å². The van der Waals surface area contributed by atoms with Gasteiger partial charge in [-0.05, 0) is 26.7 Å². The first-order valence-electron chi connectivity index (χ1n) is 6.32. The fourth-order valence-corrected chi connectivity index (χ4v) is 2.54. The smallest absolute Gasteiger partial charge is 0.294 e. The van der Waals surface area contributed by atoms with Gasteiger partial charge >= 0.3 is 0 Å². The van der Waals surface area contributed by atoms with Crippen LogP contribution in [0.5, 0.6) is 0 Å². The molecular weight excluding hydrogens is 287 g/mol. The van der Waals surface area contributed by atoms with Gasteiger partial charge in [-0.15, -0.1) is 0 Å². The molecule has 7 heteroatoms. The lowest BCUT2D eigenvalue weighted by molar-refractivity contribution is -0.384. The van der Waals surface area contributed by atoms with Crippen molar-refractivity contribution >= 4 is 23.0 Å². The summed E-state index contributed by atoms with van der Waals surface area (Å²) in [4.78, 5) is 10.4. The highest BCUT2D eigenvalue weighted by Gasteiger charge is 2.30. The van der Waals surface area contributed by atoms with Crippen LogP contribution in [0.1, 0.15) is 26.7 Å². The predicted octanol–water partition coefficient (Wildman–Crippen LogP) is 3.76. The fraction of sp³-hybridized carbons (Fsp3) is 0.538. The molecule has 110 valence electrons. The molecule has 1 unspecified atom stereocenters. The van der Waals surface area contributed by atoms with Gasteiger partial charge < -0.3 is 10.1 Å². The molecule has 0 saturated carbocycles. The van der Waals surface area contributed by atoms with E-state index in [4.69, 9.17) is 16.3 Å². The van der Waals surface area contributed by atoms with Crippen molar-refractivity contribution in [2.75, 3.05) is 11.9 Å². The maximum Gasteiger partial charge on any atom is 0.294 e. The summed E-state index contributed by atoms with van der Waals surface area (Å²) in [7, 11) is 0. The Kier molecular flexibility index (Phi) is 4.15. The molecule has 0 spiro atoms. The second-order valence-electron chi connectivity index (χ2n) is 5.48. The molecule has 0 aromatic heterocycles. The second kappa shape index (κ2) is 5.54. The highest BCUT2D eigenvalue weighted by atomic mass is 35.5. The first kappa shape index (κ1) is 15.0. The molecule has 1 fully saturated rings. The van der Waals surface area contributed by atoms with Crippen LogP contribution >= 0.6 is 11.6 Å². The minimum atomic E-state index is -0.675. The number of nitro benzene ring substituents is 1. The number of rotatable bonds is 3. The van der Waals surface area contributed by atoms with Crippen molar-refractivity contribution in [2.24, 2.45) is 0 Å². The van der Waals surface area contributed by atoms with Gasteiger partial charge in [0.1, 0.15) is 11.5 Å². The first-order chi connectivity index (χ1) is 9.28. The molecule has 1 heterocycles. The van der Waals surface area contributed by atoms with E-state index in [0.29, 0.717) is 19.4 Å². The third kappa shape index (κ3) is 3.37. The van der Waals surface area contributed by atoms with Crippen molar-refractivity contribution in [3.8, 4) is 0 Å². The summed E-state index contributed by atoms with van der Waals surface area (Å²) < 4.78 is 19.1. The molecule has 5 nitrogen and oxygen atoms in total. The van der Waals surface area contributed by atoms with Crippen LogP contribution in [0.15, 0.2) is 12.1 Å². The average Bonchev–Trinajstić information content (AvgIpc) is 2.32. The van der Waals surface area contributed by atoms with Crippen LogP contribution in [-0.4, -0.2) is 23.2 Å². The zero-order chi connectivity index (χ0) is 14.9. The van der Waals surface area contributed by atoms with Crippen molar-refractivity contribution in [3.05, 3.63) is 33.1 Å². The molecule has 0 amide bonds. The molecule has 2 rings (SSSR count). The minimum Gasteiger partial charge on any atom is -0.376 e. The van der Waals surface area contributed by atoms with Crippen molar-refractivity contribution in [3.63, 3.8) is 0 Å². The van der Waals surface area contributed by atoms with Gasteiger partial charge in [-0.3, -0.25) is 10.1 Å². The number of hydrogen-bond donors (Lipinski definition) is 1.